The molecule has 0 fully saturated rings. The van der Waals surface area contributed by atoms with Gasteiger partial charge in [-0.15, -0.1) is 0 Å². The van der Waals surface area contributed by atoms with E-state index in [0.29, 0.717) is 17.7 Å². The fourth-order valence-electron chi connectivity index (χ4n) is 2.27. The van der Waals surface area contributed by atoms with Crippen LogP contribution in [0.15, 0.2) is 42.5 Å². The van der Waals surface area contributed by atoms with Crippen molar-refractivity contribution in [3.05, 3.63) is 59.2 Å². The van der Waals surface area contributed by atoms with Crippen molar-refractivity contribution >= 4 is 17.6 Å². The van der Waals surface area contributed by atoms with Gasteiger partial charge in [0.2, 0.25) is 0 Å². The number of ether oxygens (including phenoxy) is 1. The monoisotopic (exact) mass is 312 g/mol. The predicted molar refractivity (Wildman–Crippen MR) is 90.6 cm³/mol. The van der Waals surface area contributed by atoms with Gasteiger partial charge in [0.15, 0.2) is 0 Å². The second-order valence-corrected chi connectivity index (χ2v) is 5.25. The van der Waals surface area contributed by atoms with Crippen LogP contribution in [0.5, 0.6) is 11.5 Å². The lowest BCUT2D eigenvalue weighted by molar-refractivity contribution is -0.130. The van der Waals surface area contributed by atoms with Crippen molar-refractivity contribution in [2.75, 3.05) is 6.61 Å². The van der Waals surface area contributed by atoms with Gasteiger partial charge in [0.05, 0.1) is 12.2 Å². The molecule has 4 nitrogen and oxygen atoms in total. The summed E-state index contributed by atoms with van der Waals surface area (Å²) >= 11 is 0. The largest absolute Gasteiger partial charge is 0.507 e. The quantitative estimate of drug-likeness (QED) is 0.622. The molecule has 0 bridgehead atoms. The lowest BCUT2D eigenvalue weighted by atomic mass is 9.98. The number of hydrogen-bond donors (Lipinski definition) is 2. The molecule has 2 N–H and O–H groups in total. The van der Waals surface area contributed by atoms with Crippen LogP contribution in [0.4, 0.5) is 0 Å². The van der Waals surface area contributed by atoms with Crippen LogP contribution in [0, 0.1) is 6.92 Å². The van der Waals surface area contributed by atoms with Crippen molar-refractivity contribution in [2.24, 2.45) is 0 Å². The third-order valence-electron chi connectivity index (χ3n) is 3.43. The number of aromatic hydroxyl groups is 1. The summed E-state index contributed by atoms with van der Waals surface area (Å²) in [6.45, 7) is 4.49. The molecule has 120 valence electrons. The predicted octanol–water partition coefficient (Wildman–Crippen LogP) is 4.11. The van der Waals surface area contributed by atoms with Gasteiger partial charge >= 0.3 is 5.97 Å². The summed E-state index contributed by atoms with van der Waals surface area (Å²) in [5.41, 5.74) is 2.01. The standard InChI is InChI=1S/C19H20O4/c1-3-10-23-15-8-9-16(13(2)11-15)17(19(21)22)12-14-6-4-5-7-18(14)20/h4-9,11-12,20H,3,10H2,1-2H3,(H,21,22)/b17-12-. The molecule has 0 unspecified atom stereocenters. The highest BCUT2D eigenvalue weighted by atomic mass is 16.5. The molecule has 2 rings (SSSR count). The van der Waals surface area contributed by atoms with E-state index in [1.54, 1.807) is 30.3 Å². The number of rotatable bonds is 6. The fourth-order valence-corrected chi connectivity index (χ4v) is 2.27. The number of aliphatic carboxylic acids is 1. The maximum absolute atomic E-state index is 11.6. The maximum Gasteiger partial charge on any atom is 0.336 e. The minimum absolute atomic E-state index is 0.0480. The Labute approximate surface area is 135 Å². The number of carboxylic acids is 1. The number of carboxylic acid groups (broad SMARTS) is 1. The van der Waals surface area contributed by atoms with Crippen LogP contribution in [0.1, 0.15) is 30.0 Å². The normalized spacial score (nSPS) is 11.3. The first-order valence-corrected chi connectivity index (χ1v) is 7.49. The van der Waals surface area contributed by atoms with Crippen molar-refractivity contribution in [1.82, 2.24) is 0 Å². The molecule has 2 aromatic carbocycles. The van der Waals surface area contributed by atoms with Crippen LogP contribution in [0.2, 0.25) is 0 Å². The van der Waals surface area contributed by atoms with Crippen LogP contribution in [0.3, 0.4) is 0 Å². The van der Waals surface area contributed by atoms with Crippen molar-refractivity contribution in [3.63, 3.8) is 0 Å². The smallest absolute Gasteiger partial charge is 0.336 e. The average molecular weight is 312 g/mol. The van der Waals surface area contributed by atoms with Gasteiger partial charge in [0, 0.05) is 5.56 Å². The number of phenolic OH excluding ortho intramolecular Hbond substituents is 1. The molecule has 0 saturated carbocycles. The topological polar surface area (TPSA) is 66.8 Å². The molecule has 0 aliphatic rings. The van der Waals surface area contributed by atoms with Gasteiger partial charge in [-0.2, -0.15) is 0 Å². The molecule has 0 radical (unpaired) electrons. The molecule has 23 heavy (non-hydrogen) atoms. The molecule has 0 aliphatic carbocycles. The van der Waals surface area contributed by atoms with E-state index in [0.717, 1.165) is 17.7 Å². The molecule has 0 aromatic heterocycles. The van der Waals surface area contributed by atoms with Crippen molar-refractivity contribution < 1.29 is 19.7 Å². The molecule has 0 atom stereocenters. The summed E-state index contributed by atoms with van der Waals surface area (Å²) < 4.78 is 5.56. The van der Waals surface area contributed by atoms with E-state index in [1.807, 2.05) is 19.9 Å². The summed E-state index contributed by atoms with van der Waals surface area (Å²) in [6, 6.07) is 12.0. The maximum atomic E-state index is 11.6. The minimum atomic E-state index is -1.04. The number of carbonyl (C=O) groups is 1. The van der Waals surface area contributed by atoms with Crippen LogP contribution in [-0.4, -0.2) is 22.8 Å². The van der Waals surface area contributed by atoms with Gasteiger partial charge in [-0.3, -0.25) is 0 Å². The van der Waals surface area contributed by atoms with Gasteiger partial charge in [0.25, 0.3) is 0 Å². The SMILES string of the molecule is CCCOc1ccc(/C(=C/c2ccccc2O)C(=O)O)c(C)c1. The zero-order chi connectivity index (χ0) is 16.8. The van der Waals surface area contributed by atoms with E-state index in [-0.39, 0.29) is 11.3 Å². The number of hydrogen-bond acceptors (Lipinski definition) is 3. The van der Waals surface area contributed by atoms with Gasteiger partial charge in [-0.1, -0.05) is 31.2 Å². The Morgan fingerprint density at radius 2 is 1.96 bits per heavy atom. The number of para-hydroxylation sites is 1. The number of aryl methyl sites for hydroxylation is 1. The second-order valence-electron chi connectivity index (χ2n) is 5.25. The van der Waals surface area contributed by atoms with Gasteiger partial charge in [-0.05, 0) is 48.7 Å². The van der Waals surface area contributed by atoms with E-state index in [9.17, 15) is 15.0 Å². The summed E-state index contributed by atoms with van der Waals surface area (Å²) in [7, 11) is 0. The highest BCUT2D eigenvalue weighted by Gasteiger charge is 2.14. The zero-order valence-electron chi connectivity index (χ0n) is 13.2. The molecular formula is C19H20O4. The van der Waals surface area contributed by atoms with Crippen LogP contribution >= 0.6 is 0 Å². The Kier molecular flexibility index (Phi) is 5.41. The first-order valence-electron chi connectivity index (χ1n) is 7.49. The third kappa shape index (κ3) is 4.13. The van der Waals surface area contributed by atoms with Gasteiger partial charge in [-0.25, -0.2) is 4.79 Å². The summed E-state index contributed by atoms with van der Waals surface area (Å²) in [5.74, 6) is -0.272. The molecule has 0 spiro atoms. The zero-order valence-corrected chi connectivity index (χ0v) is 13.2. The molecule has 0 saturated heterocycles. The minimum Gasteiger partial charge on any atom is -0.507 e. The van der Waals surface area contributed by atoms with E-state index < -0.39 is 5.97 Å². The van der Waals surface area contributed by atoms with Gasteiger partial charge < -0.3 is 14.9 Å². The molecule has 0 aliphatic heterocycles. The molecular weight excluding hydrogens is 292 g/mol. The highest BCUT2D eigenvalue weighted by molar-refractivity contribution is 6.21. The Morgan fingerprint density at radius 1 is 1.22 bits per heavy atom. The lowest BCUT2D eigenvalue weighted by Gasteiger charge is -2.11. The summed E-state index contributed by atoms with van der Waals surface area (Å²) in [4.78, 5) is 11.6. The summed E-state index contributed by atoms with van der Waals surface area (Å²) in [5, 5.41) is 19.4. The highest BCUT2D eigenvalue weighted by Crippen LogP contribution is 2.28. The Morgan fingerprint density at radius 3 is 2.57 bits per heavy atom. The van der Waals surface area contributed by atoms with Crippen molar-refractivity contribution in [2.45, 2.75) is 20.3 Å². The molecule has 4 heteroatoms. The number of benzene rings is 2. The Hall–Kier alpha value is -2.75. The molecule has 0 heterocycles. The third-order valence-corrected chi connectivity index (χ3v) is 3.43. The van der Waals surface area contributed by atoms with E-state index in [2.05, 4.69) is 0 Å². The second kappa shape index (κ2) is 7.49. The van der Waals surface area contributed by atoms with Crippen LogP contribution in [0.25, 0.3) is 11.6 Å². The molecule has 2 aromatic rings. The van der Waals surface area contributed by atoms with Crippen molar-refractivity contribution in [1.29, 1.82) is 0 Å². The van der Waals surface area contributed by atoms with Gasteiger partial charge in [0.1, 0.15) is 11.5 Å². The van der Waals surface area contributed by atoms with E-state index in [4.69, 9.17) is 4.74 Å². The van der Waals surface area contributed by atoms with Crippen molar-refractivity contribution in [3.8, 4) is 11.5 Å². The first kappa shape index (κ1) is 16.6. The Bertz CT molecular complexity index is 732. The van der Waals surface area contributed by atoms with Crippen LogP contribution < -0.4 is 4.74 Å². The van der Waals surface area contributed by atoms with E-state index >= 15 is 0 Å². The molecule has 0 amide bonds. The average Bonchev–Trinajstić information content (AvgIpc) is 2.52. The Balaban J connectivity index is 2.43. The van der Waals surface area contributed by atoms with Crippen LogP contribution in [-0.2, 0) is 4.79 Å². The van der Waals surface area contributed by atoms with E-state index in [1.165, 1.54) is 12.1 Å². The fraction of sp³-hybridized carbons (Fsp3) is 0.211. The first-order chi connectivity index (χ1) is 11.0. The lowest BCUT2D eigenvalue weighted by Crippen LogP contribution is -2.02. The summed E-state index contributed by atoms with van der Waals surface area (Å²) in [6.07, 6.45) is 2.39. The number of phenols is 1.